The molecule has 0 atom stereocenters. The summed E-state index contributed by atoms with van der Waals surface area (Å²) < 4.78 is 32.1. The Labute approximate surface area is 105 Å². The number of rotatable bonds is 3. The van der Waals surface area contributed by atoms with Gasteiger partial charge in [0.05, 0.1) is 0 Å². The number of aromatic nitrogens is 1. The van der Waals surface area contributed by atoms with Gasteiger partial charge in [-0.05, 0) is 31.6 Å². The van der Waals surface area contributed by atoms with E-state index < -0.39 is 11.6 Å². The van der Waals surface area contributed by atoms with E-state index in [2.05, 4.69) is 17.3 Å². The molecule has 3 N–H and O–H groups in total. The first-order chi connectivity index (χ1) is 8.60. The standard InChI is InChI=1S/C12H17F2N3O/c1-7-2-4-8(5-3-7)18-12-10(14)6-9(13)11(16-12)17-15/h6-8H,2-5,15H2,1H3,(H,16,17). The van der Waals surface area contributed by atoms with Crippen LogP contribution >= 0.6 is 0 Å². The largest absolute Gasteiger partial charge is 0.472 e. The van der Waals surface area contributed by atoms with Gasteiger partial charge in [0.25, 0.3) is 5.88 Å². The summed E-state index contributed by atoms with van der Waals surface area (Å²) in [6.45, 7) is 2.18. The van der Waals surface area contributed by atoms with Gasteiger partial charge in [-0.25, -0.2) is 14.6 Å². The molecule has 0 aromatic carbocycles. The number of hydrazine groups is 1. The van der Waals surface area contributed by atoms with Crippen LogP contribution in [0.1, 0.15) is 32.6 Å². The minimum absolute atomic E-state index is 0.0562. The van der Waals surface area contributed by atoms with Gasteiger partial charge in [0.1, 0.15) is 6.10 Å². The van der Waals surface area contributed by atoms with Gasteiger partial charge in [0, 0.05) is 6.07 Å². The van der Waals surface area contributed by atoms with E-state index in [1.807, 2.05) is 0 Å². The van der Waals surface area contributed by atoms with Gasteiger partial charge in [0.15, 0.2) is 17.5 Å². The zero-order chi connectivity index (χ0) is 13.1. The fourth-order valence-corrected chi connectivity index (χ4v) is 2.14. The Morgan fingerprint density at radius 3 is 2.56 bits per heavy atom. The van der Waals surface area contributed by atoms with Crippen molar-refractivity contribution in [2.24, 2.45) is 11.8 Å². The van der Waals surface area contributed by atoms with E-state index in [-0.39, 0.29) is 17.8 Å². The third-order valence-corrected chi connectivity index (χ3v) is 3.28. The quantitative estimate of drug-likeness (QED) is 0.645. The van der Waals surface area contributed by atoms with E-state index >= 15 is 0 Å². The van der Waals surface area contributed by atoms with Crippen LogP contribution in [-0.4, -0.2) is 11.1 Å². The number of nitrogens with one attached hydrogen (secondary N) is 1. The van der Waals surface area contributed by atoms with E-state index in [9.17, 15) is 8.78 Å². The van der Waals surface area contributed by atoms with Crippen LogP contribution in [0.25, 0.3) is 0 Å². The smallest absolute Gasteiger partial charge is 0.252 e. The predicted octanol–water partition coefficient (Wildman–Crippen LogP) is 2.60. The summed E-state index contributed by atoms with van der Waals surface area (Å²) in [6, 6.07) is 0.725. The number of anilines is 1. The van der Waals surface area contributed by atoms with Gasteiger partial charge in [-0.2, -0.15) is 4.98 Å². The van der Waals surface area contributed by atoms with Crippen molar-refractivity contribution < 1.29 is 13.5 Å². The molecule has 0 radical (unpaired) electrons. The summed E-state index contributed by atoms with van der Waals surface area (Å²) in [7, 11) is 0. The lowest BCUT2D eigenvalue weighted by atomic mass is 9.89. The van der Waals surface area contributed by atoms with Crippen LogP contribution < -0.4 is 16.0 Å². The molecule has 1 saturated carbocycles. The Hall–Kier alpha value is -1.43. The average Bonchev–Trinajstić information content (AvgIpc) is 2.35. The van der Waals surface area contributed by atoms with Gasteiger partial charge < -0.3 is 10.2 Å². The monoisotopic (exact) mass is 257 g/mol. The molecule has 100 valence electrons. The van der Waals surface area contributed by atoms with E-state index in [0.29, 0.717) is 5.92 Å². The summed E-state index contributed by atoms with van der Waals surface area (Å²) in [6.07, 6.45) is 3.78. The molecule has 4 nitrogen and oxygen atoms in total. The SMILES string of the molecule is CC1CCC(Oc2nc(NN)c(F)cc2F)CC1. The highest BCUT2D eigenvalue weighted by atomic mass is 19.1. The highest BCUT2D eigenvalue weighted by Gasteiger charge is 2.22. The summed E-state index contributed by atoms with van der Waals surface area (Å²) in [4.78, 5) is 3.70. The Bertz CT molecular complexity index is 420. The molecular weight excluding hydrogens is 240 g/mol. The lowest BCUT2D eigenvalue weighted by Crippen LogP contribution is -2.24. The molecule has 0 aliphatic heterocycles. The zero-order valence-electron chi connectivity index (χ0n) is 10.2. The van der Waals surface area contributed by atoms with E-state index in [1.165, 1.54) is 0 Å². The number of hydrogen-bond acceptors (Lipinski definition) is 4. The second-order valence-corrected chi connectivity index (χ2v) is 4.75. The minimum Gasteiger partial charge on any atom is -0.472 e. The number of nitrogens with zero attached hydrogens (tertiary/aromatic N) is 1. The van der Waals surface area contributed by atoms with Gasteiger partial charge in [-0.15, -0.1) is 0 Å². The van der Waals surface area contributed by atoms with Crippen LogP contribution in [0.5, 0.6) is 5.88 Å². The fraction of sp³-hybridized carbons (Fsp3) is 0.583. The van der Waals surface area contributed by atoms with Crippen molar-refractivity contribution in [2.45, 2.75) is 38.7 Å². The van der Waals surface area contributed by atoms with Crippen LogP contribution in [-0.2, 0) is 0 Å². The predicted molar refractivity (Wildman–Crippen MR) is 64.0 cm³/mol. The third-order valence-electron chi connectivity index (χ3n) is 3.28. The molecule has 1 heterocycles. The van der Waals surface area contributed by atoms with Crippen LogP contribution in [0.4, 0.5) is 14.6 Å². The van der Waals surface area contributed by atoms with E-state index in [4.69, 9.17) is 10.6 Å². The number of halogens is 2. The molecule has 1 aliphatic carbocycles. The molecular formula is C12H17F2N3O. The van der Waals surface area contributed by atoms with Gasteiger partial charge in [0.2, 0.25) is 0 Å². The zero-order valence-corrected chi connectivity index (χ0v) is 10.2. The molecule has 1 fully saturated rings. The lowest BCUT2D eigenvalue weighted by Gasteiger charge is -2.26. The Kier molecular flexibility index (Phi) is 3.96. The van der Waals surface area contributed by atoms with Crippen LogP contribution in [0.2, 0.25) is 0 Å². The maximum absolute atomic E-state index is 13.5. The normalized spacial score (nSPS) is 23.8. The highest BCUT2D eigenvalue weighted by molar-refractivity contribution is 5.38. The van der Waals surface area contributed by atoms with Crippen molar-refractivity contribution in [1.82, 2.24) is 4.98 Å². The average molecular weight is 257 g/mol. The van der Waals surface area contributed by atoms with Gasteiger partial charge >= 0.3 is 0 Å². The molecule has 1 aromatic rings. The molecule has 6 heteroatoms. The molecule has 0 spiro atoms. The molecule has 2 rings (SSSR count). The van der Waals surface area contributed by atoms with Gasteiger partial charge in [-0.1, -0.05) is 6.92 Å². The van der Waals surface area contributed by atoms with E-state index in [0.717, 1.165) is 31.7 Å². The number of hydrogen-bond donors (Lipinski definition) is 2. The first-order valence-corrected chi connectivity index (χ1v) is 6.09. The lowest BCUT2D eigenvalue weighted by molar-refractivity contribution is 0.124. The molecule has 0 unspecified atom stereocenters. The Morgan fingerprint density at radius 1 is 1.28 bits per heavy atom. The third kappa shape index (κ3) is 2.87. The second kappa shape index (κ2) is 5.48. The van der Waals surface area contributed by atoms with E-state index in [1.54, 1.807) is 0 Å². The van der Waals surface area contributed by atoms with Crippen LogP contribution in [0.15, 0.2) is 6.07 Å². The first kappa shape index (κ1) is 13.0. The van der Waals surface area contributed by atoms with Crippen LogP contribution in [0.3, 0.4) is 0 Å². The van der Waals surface area contributed by atoms with Crippen molar-refractivity contribution in [3.63, 3.8) is 0 Å². The van der Waals surface area contributed by atoms with Gasteiger partial charge in [-0.3, -0.25) is 0 Å². The topological polar surface area (TPSA) is 60.2 Å². The summed E-state index contributed by atoms with van der Waals surface area (Å²) in [5.74, 6) is 3.73. The summed E-state index contributed by atoms with van der Waals surface area (Å²) in [5, 5.41) is 0. The first-order valence-electron chi connectivity index (χ1n) is 6.09. The number of pyridine rings is 1. The van der Waals surface area contributed by atoms with Crippen molar-refractivity contribution in [1.29, 1.82) is 0 Å². The molecule has 18 heavy (non-hydrogen) atoms. The second-order valence-electron chi connectivity index (χ2n) is 4.75. The number of nitrogen functional groups attached to an aromatic ring is 1. The van der Waals surface area contributed by atoms with Crippen molar-refractivity contribution in [2.75, 3.05) is 5.43 Å². The maximum atomic E-state index is 13.5. The summed E-state index contributed by atoms with van der Waals surface area (Å²) >= 11 is 0. The molecule has 1 aliphatic rings. The molecule has 1 aromatic heterocycles. The molecule has 0 bridgehead atoms. The van der Waals surface area contributed by atoms with Crippen molar-refractivity contribution in [3.05, 3.63) is 17.7 Å². The fourth-order valence-electron chi connectivity index (χ4n) is 2.14. The Balaban J connectivity index is 2.09. The van der Waals surface area contributed by atoms with Crippen molar-refractivity contribution in [3.8, 4) is 5.88 Å². The number of nitrogens with two attached hydrogens (primary N) is 1. The minimum atomic E-state index is -0.834. The van der Waals surface area contributed by atoms with Crippen LogP contribution in [0, 0.1) is 17.6 Å². The maximum Gasteiger partial charge on any atom is 0.252 e. The number of ether oxygens (including phenoxy) is 1. The van der Waals surface area contributed by atoms with Crippen molar-refractivity contribution >= 4 is 5.82 Å². The molecule has 0 saturated heterocycles. The highest BCUT2D eigenvalue weighted by Crippen LogP contribution is 2.28. The molecule has 0 amide bonds. The summed E-state index contributed by atoms with van der Waals surface area (Å²) in [5.41, 5.74) is 2.07. The Morgan fingerprint density at radius 2 is 1.94 bits per heavy atom.